The van der Waals surface area contributed by atoms with Gasteiger partial charge in [-0.3, -0.25) is 4.79 Å². The summed E-state index contributed by atoms with van der Waals surface area (Å²) in [6.07, 6.45) is 7.47. The number of methoxy groups -OCH3 is 1. The van der Waals surface area contributed by atoms with E-state index in [-0.39, 0.29) is 24.5 Å². The second-order valence-electron chi connectivity index (χ2n) is 9.21. The van der Waals surface area contributed by atoms with Gasteiger partial charge in [-0.1, -0.05) is 31.8 Å². The summed E-state index contributed by atoms with van der Waals surface area (Å²) in [7, 11) is 1.60. The molecular formula is C25H35N3O4. The van der Waals surface area contributed by atoms with Crippen LogP contribution in [0.2, 0.25) is 0 Å². The van der Waals surface area contributed by atoms with Crippen LogP contribution >= 0.6 is 0 Å². The summed E-state index contributed by atoms with van der Waals surface area (Å²) in [5, 5.41) is 6.97. The van der Waals surface area contributed by atoms with Gasteiger partial charge >= 0.3 is 0 Å². The number of hydrogen-bond acceptors (Lipinski definition) is 6. The fourth-order valence-corrected chi connectivity index (χ4v) is 4.67. The third-order valence-corrected chi connectivity index (χ3v) is 6.63. The van der Waals surface area contributed by atoms with Crippen molar-refractivity contribution < 1.29 is 18.8 Å². The number of piperidine rings is 1. The van der Waals surface area contributed by atoms with E-state index in [1.165, 1.54) is 25.7 Å². The van der Waals surface area contributed by atoms with E-state index in [4.69, 9.17) is 14.0 Å². The smallest absolute Gasteiger partial charge is 0.255 e. The summed E-state index contributed by atoms with van der Waals surface area (Å²) >= 11 is 0. The van der Waals surface area contributed by atoms with Crippen molar-refractivity contribution in [3.05, 3.63) is 41.3 Å². The molecule has 2 heterocycles. The van der Waals surface area contributed by atoms with Gasteiger partial charge in [-0.25, -0.2) is 0 Å². The van der Waals surface area contributed by atoms with Crippen LogP contribution in [0.4, 0.5) is 0 Å². The average molecular weight is 442 g/mol. The molecule has 2 aliphatic rings. The van der Waals surface area contributed by atoms with Crippen molar-refractivity contribution in [2.24, 2.45) is 0 Å². The largest absolute Gasteiger partial charge is 0.497 e. The molecule has 32 heavy (non-hydrogen) atoms. The van der Waals surface area contributed by atoms with Gasteiger partial charge in [-0.2, -0.15) is 0 Å². The van der Waals surface area contributed by atoms with Gasteiger partial charge in [0.25, 0.3) is 5.91 Å². The normalized spacial score (nSPS) is 18.2. The quantitative estimate of drug-likeness (QED) is 0.649. The molecule has 0 bridgehead atoms. The third kappa shape index (κ3) is 5.44. The fourth-order valence-electron chi connectivity index (χ4n) is 4.67. The summed E-state index contributed by atoms with van der Waals surface area (Å²) in [6, 6.07) is 8.04. The molecule has 1 N–H and O–H groups in total. The Labute approximate surface area is 190 Å². The lowest BCUT2D eigenvalue weighted by molar-refractivity contribution is 0.0749. The molecule has 1 saturated carbocycles. The summed E-state index contributed by atoms with van der Waals surface area (Å²) < 4.78 is 17.0. The SMILES string of the molecule is COc1ccc(OC2CCN(C3CCCC3)CC2)c(C(=O)NCc2cc(C(C)C)no2)c1. The van der Waals surface area contributed by atoms with Crippen molar-refractivity contribution in [1.82, 2.24) is 15.4 Å². The van der Waals surface area contributed by atoms with E-state index >= 15 is 0 Å². The Morgan fingerprint density at radius 2 is 1.94 bits per heavy atom. The second kappa shape index (κ2) is 10.4. The lowest BCUT2D eigenvalue weighted by Gasteiger charge is -2.36. The van der Waals surface area contributed by atoms with E-state index in [0.717, 1.165) is 37.7 Å². The van der Waals surface area contributed by atoms with E-state index in [2.05, 4.69) is 29.2 Å². The van der Waals surface area contributed by atoms with E-state index in [0.29, 0.717) is 22.8 Å². The van der Waals surface area contributed by atoms with Crippen LogP contribution in [0.5, 0.6) is 11.5 Å². The van der Waals surface area contributed by atoms with Gasteiger partial charge in [-0.15, -0.1) is 0 Å². The van der Waals surface area contributed by atoms with Crippen LogP contribution in [0.1, 0.15) is 80.1 Å². The van der Waals surface area contributed by atoms with Crippen LogP contribution < -0.4 is 14.8 Å². The van der Waals surface area contributed by atoms with E-state index < -0.39 is 0 Å². The monoisotopic (exact) mass is 441 g/mol. The second-order valence-corrected chi connectivity index (χ2v) is 9.21. The average Bonchev–Trinajstić information content (AvgIpc) is 3.51. The van der Waals surface area contributed by atoms with Crippen molar-refractivity contribution in [3.63, 3.8) is 0 Å². The maximum Gasteiger partial charge on any atom is 0.255 e. The number of hydrogen-bond donors (Lipinski definition) is 1. The molecule has 2 fully saturated rings. The van der Waals surface area contributed by atoms with Crippen molar-refractivity contribution in [3.8, 4) is 11.5 Å². The van der Waals surface area contributed by atoms with Gasteiger partial charge in [0.1, 0.15) is 17.6 Å². The zero-order chi connectivity index (χ0) is 22.5. The van der Waals surface area contributed by atoms with E-state index in [9.17, 15) is 4.79 Å². The number of rotatable bonds is 8. The first-order valence-electron chi connectivity index (χ1n) is 11.9. The molecule has 2 aromatic rings. The maximum absolute atomic E-state index is 13.0. The van der Waals surface area contributed by atoms with Gasteiger partial charge in [0, 0.05) is 25.2 Å². The first kappa shape index (κ1) is 22.6. The predicted octanol–water partition coefficient (Wildman–Crippen LogP) is 4.52. The standard InChI is InChI=1S/C25H35N3O4/c1-17(2)23-15-21(32-27-23)16-26-25(29)22-14-20(30-3)8-9-24(22)31-19-10-12-28(13-11-19)18-6-4-5-7-18/h8-9,14-15,17-19H,4-7,10-13,16H2,1-3H3,(H,26,29). The molecule has 0 radical (unpaired) electrons. The number of nitrogens with zero attached hydrogens (tertiary/aromatic N) is 2. The Morgan fingerprint density at radius 1 is 1.19 bits per heavy atom. The minimum Gasteiger partial charge on any atom is -0.497 e. The first-order chi connectivity index (χ1) is 15.5. The Balaban J connectivity index is 1.38. The van der Waals surface area contributed by atoms with Gasteiger partial charge in [0.15, 0.2) is 5.76 Å². The molecule has 1 aliphatic heterocycles. The summed E-state index contributed by atoms with van der Waals surface area (Å²) in [4.78, 5) is 15.6. The number of carbonyl (C=O) groups excluding carboxylic acids is 1. The highest BCUT2D eigenvalue weighted by Gasteiger charge is 2.28. The molecule has 174 valence electrons. The Morgan fingerprint density at radius 3 is 2.59 bits per heavy atom. The lowest BCUT2D eigenvalue weighted by Crippen LogP contribution is -2.43. The van der Waals surface area contributed by atoms with Crippen LogP contribution in [-0.2, 0) is 6.54 Å². The van der Waals surface area contributed by atoms with Crippen molar-refractivity contribution >= 4 is 5.91 Å². The van der Waals surface area contributed by atoms with Crippen molar-refractivity contribution in [1.29, 1.82) is 0 Å². The highest BCUT2D eigenvalue weighted by Crippen LogP contribution is 2.30. The molecule has 1 aromatic heterocycles. The summed E-state index contributed by atoms with van der Waals surface area (Å²) in [5.41, 5.74) is 1.36. The topological polar surface area (TPSA) is 76.8 Å². The van der Waals surface area contributed by atoms with Gasteiger partial charge in [-0.05, 0) is 49.8 Å². The molecule has 1 amide bonds. The molecule has 0 spiro atoms. The summed E-state index contributed by atoms with van der Waals surface area (Å²) in [5.74, 6) is 1.92. The molecule has 4 rings (SSSR count). The number of benzene rings is 1. The van der Waals surface area contributed by atoms with Crippen LogP contribution in [-0.4, -0.2) is 48.3 Å². The minimum absolute atomic E-state index is 0.121. The fraction of sp³-hybridized carbons (Fsp3) is 0.600. The Kier molecular flexibility index (Phi) is 7.35. The highest BCUT2D eigenvalue weighted by atomic mass is 16.5. The molecule has 1 saturated heterocycles. The van der Waals surface area contributed by atoms with E-state index in [1.807, 2.05) is 18.2 Å². The third-order valence-electron chi connectivity index (χ3n) is 6.63. The molecule has 0 atom stereocenters. The molecule has 0 unspecified atom stereocenters. The molecule has 1 aromatic carbocycles. The molecular weight excluding hydrogens is 406 g/mol. The zero-order valence-corrected chi connectivity index (χ0v) is 19.4. The van der Waals surface area contributed by atoms with Crippen LogP contribution in [0.25, 0.3) is 0 Å². The molecule has 1 aliphatic carbocycles. The predicted molar refractivity (Wildman–Crippen MR) is 122 cm³/mol. The van der Waals surface area contributed by atoms with E-state index in [1.54, 1.807) is 13.2 Å². The maximum atomic E-state index is 13.0. The lowest BCUT2D eigenvalue weighted by atomic mass is 10.0. The highest BCUT2D eigenvalue weighted by molar-refractivity contribution is 5.97. The number of ether oxygens (including phenoxy) is 2. The van der Waals surface area contributed by atoms with Gasteiger partial charge in [0.2, 0.25) is 0 Å². The number of likely N-dealkylation sites (tertiary alicyclic amines) is 1. The number of carbonyl (C=O) groups is 1. The number of aromatic nitrogens is 1. The minimum atomic E-state index is -0.218. The Hall–Kier alpha value is -2.54. The van der Waals surface area contributed by atoms with Crippen LogP contribution in [0.3, 0.4) is 0 Å². The van der Waals surface area contributed by atoms with Gasteiger partial charge < -0.3 is 24.2 Å². The Bertz CT molecular complexity index is 896. The molecule has 7 nitrogen and oxygen atoms in total. The number of nitrogens with one attached hydrogen (secondary N) is 1. The van der Waals surface area contributed by atoms with Crippen molar-refractivity contribution in [2.45, 2.75) is 77.0 Å². The summed E-state index contributed by atoms with van der Waals surface area (Å²) in [6.45, 7) is 6.51. The molecule has 7 heteroatoms. The van der Waals surface area contributed by atoms with Gasteiger partial charge in [0.05, 0.1) is 24.9 Å². The zero-order valence-electron chi connectivity index (χ0n) is 19.4. The van der Waals surface area contributed by atoms with Crippen molar-refractivity contribution in [2.75, 3.05) is 20.2 Å². The number of amides is 1. The first-order valence-corrected chi connectivity index (χ1v) is 11.9. The van der Waals surface area contributed by atoms with Crippen LogP contribution in [0, 0.1) is 0 Å². The van der Waals surface area contributed by atoms with Crippen LogP contribution in [0.15, 0.2) is 28.8 Å².